The van der Waals surface area contributed by atoms with Crippen molar-refractivity contribution in [1.29, 1.82) is 0 Å². The van der Waals surface area contributed by atoms with Crippen LogP contribution in [0, 0.1) is 5.92 Å². The highest BCUT2D eigenvalue weighted by atomic mass is 16.4. The number of carbonyl (C=O) groups is 4. The molecule has 2 aromatic rings. The zero-order valence-corrected chi connectivity index (χ0v) is 23.7. The smallest absolute Gasteiger partial charge is 0.326 e. The lowest BCUT2D eigenvalue weighted by molar-refractivity contribution is -0.142. The summed E-state index contributed by atoms with van der Waals surface area (Å²) in [4.78, 5) is 51.6. The van der Waals surface area contributed by atoms with Gasteiger partial charge < -0.3 is 37.6 Å². The number of carboxylic acids is 1. The lowest BCUT2D eigenvalue weighted by atomic mass is 9.96. The third-order valence-corrected chi connectivity index (χ3v) is 7.00. The first-order valence-electron chi connectivity index (χ1n) is 14.0. The second-order valence-corrected chi connectivity index (χ2v) is 10.3. The first-order valence-corrected chi connectivity index (χ1v) is 14.0. The Morgan fingerprint density at radius 3 is 2.00 bits per heavy atom. The molecule has 0 fully saturated rings. The molecule has 0 aliphatic rings. The first-order chi connectivity index (χ1) is 19.5. The maximum absolute atomic E-state index is 13.5. The maximum atomic E-state index is 13.5. The summed E-state index contributed by atoms with van der Waals surface area (Å²) in [5.41, 5.74) is 13.2. The van der Waals surface area contributed by atoms with E-state index in [9.17, 15) is 29.4 Å². The number of benzene rings is 2. The van der Waals surface area contributed by atoms with Crippen LogP contribution in [0.1, 0.15) is 50.7 Å². The second kappa shape index (κ2) is 17.0. The van der Waals surface area contributed by atoms with Gasteiger partial charge in [0.25, 0.3) is 0 Å². The Morgan fingerprint density at radius 2 is 1.41 bits per heavy atom. The van der Waals surface area contributed by atoms with Crippen LogP contribution in [-0.2, 0) is 32.0 Å². The molecule has 0 radical (unpaired) electrons. The molecule has 5 unspecified atom stereocenters. The summed E-state index contributed by atoms with van der Waals surface area (Å²) in [6.07, 6.45) is 2.22. The number of rotatable bonds is 17. The lowest BCUT2D eigenvalue weighted by Crippen LogP contribution is -2.59. The van der Waals surface area contributed by atoms with E-state index in [0.717, 1.165) is 11.1 Å². The molecule has 9 N–H and O–H groups in total. The van der Waals surface area contributed by atoms with Gasteiger partial charge in [-0.25, -0.2) is 4.79 Å². The van der Waals surface area contributed by atoms with Crippen LogP contribution >= 0.6 is 0 Å². The summed E-state index contributed by atoms with van der Waals surface area (Å²) in [5, 5.41) is 27.1. The van der Waals surface area contributed by atoms with Crippen molar-refractivity contribution in [2.75, 3.05) is 6.54 Å². The van der Waals surface area contributed by atoms with Crippen molar-refractivity contribution in [2.24, 2.45) is 17.4 Å². The van der Waals surface area contributed by atoms with Crippen LogP contribution in [0.4, 0.5) is 0 Å². The number of amides is 3. The van der Waals surface area contributed by atoms with Crippen LogP contribution < -0.4 is 27.4 Å². The van der Waals surface area contributed by atoms with Crippen LogP contribution in [0.15, 0.2) is 54.6 Å². The number of nitrogens with two attached hydrogens (primary N) is 2. The number of hydrogen-bond acceptors (Lipinski definition) is 7. The van der Waals surface area contributed by atoms with Crippen molar-refractivity contribution in [3.05, 3.63) is 65.7 Å². The zero-order valence-electron chi connectivity index (χ0n) is 23.7. The van der Waals surface area contributed by atoms with Crippen LogP contribution in [0.3, 0.4) is 0 Å². The fourth-order valence-corrected chi connectivity index (χ4v) is 4.28. The Labute approximate surface area is 241 Å². The molecular weight excluding hydrogens is 526 g/mol. The summed E-state index contributed by atoms with van der Waals surface area (Å²) < 4.78 is 0. The molecule has 5 atom stereocenters. The van der Waals surface area contributed by atoms with Gasteiger partial charge in [-0.05, 0) is 61.4 Å². The molecule has 0 heterocycles. The molecule has 11 nitrogen and oxygen atoms in total. The number of aromatic hydroxyl groups is 1. The molecule has 2 aromatic carbocycles. The molecule has 11 heteroatoms. The minimum atomic E-state index is -1.17. The van der Waals surface area contributed by atoms with Gasteiger partial charge >= 0.3 is 5.97 Å². The van der Waals surface area contributed by atoms with Crippen molar-refractivity contribution < 1.29 is 29.4 Å². The molecule has 0 aromatic heterocycles. The van der Waals surface area contributed by atoms with Gasteiger partial charge in [-0.2, -0.15) is 0 Å². The minimum absolute atomic E-state index is 0.0969. The van der Waals surface area contributed by atoms with Gasteiger partial charge in [0.2, 0.25) is 17.7 Å². The van der Waals surface area contributed by atoms with Crippen LogP contribution in [0.2, 0.25) is 0 Å². The molecule has 3 amide bonds. The Kier molecular flexibility index (Phi) is 13.8. The summed E-state index contributed by atoms with van der Waals surface area (Å²) >= 11 is 0. The van der Waals surface area contributed by atoms with E-state index in [-0.39, 0.29) is 30.9 Å². The average molecular weight is 570 g/mol. The number of phenolic OH excluding ortho intramolecular Hbond substituents is 1. The lowest BCUT2D eigenvalue weighted by Gasteiger charge is -2.28. The predicted octanol–water partition coefficient (Wildman–Crippen LogP) is 1.22. The highest BCUT2D eigenvalue weighted by molar-refractivity contribution is 5.94. The molecule has 0 saturated heterocycles. The molecule has 0 aliphatic heterocycles. The van der Waals surface area contributed by atoms with E-state index in [4.69, 9.17) is 11.5 Å². The van der Waals surface area contributed by atoms with Crippen LogP contribution in [0.5, 0.6) is 5.75 Å². The number of nitrogens with one attached hydrogen (secondary N) is 3. The molecule has 2 rings (SSSR count). The largest absolute Gasteiger partial charge is 0.508 e. The van der Waals surface area contributed by atoms with Gasteiger partial charge in [0.1, 0.15) is 23.9 Å². The van der Waals surface area contributed by atoms with E-state index in [2.05, 4.69) is 16.0 Å². The first kappa shape index (κ1) is 33.2. The number of unbranched alkanes of at least 4 members (excludes halogenated alkanes) is 1. The van der Waals surface area contributed by atoms with Gasteiger partial charge in [0.15, 0.2) is 0 Å². The summed E-state index contributed by atoms with van der Waals surface area (Å²) in [6, 6.07) is 11.2. The predicted molar refractivity (Wildman–Crippen MR) is 156 cm³/mol. The molecule has 224 valence electrons. The Bertz CT molecular complexity index is 1130. The fourth-order valence-electron chi connectivity index (χ4n) is 4.28. The van der Waals surface area contributed by atoms with E-state index < -0.39 is 47.9 Å². The van der Waals surface area contributed by atoms with E-state index in [1.54, 1.807) is 43.3 Å². The summed E-state index contributed by atoms with van der Waals surface area (Å²) in [6.45, 7) is 4.09. The van der Waals surface area contributed by atoms with Crippen molar-refractivity contribution in [1.82, 2.24) is 16.0 Å². The highest BCUT2D eigenvalue weighted by Gasteiger charge is 2.32. The quantitative estimate of drug-likeness (QED) is 0.138. The van der Waals surface area contributed by atoms with E-state index >= 15 is 0 Å². The van der Waals surface area contributed by atoms with Gasteiger partial charge in [0.05, 0.1) is 6.04 Å². The third-order valence-electron chi connectivity index (χ3n) is 7.00. The second-order valence-electron chi connectivity index (χ2n) is 10.3. The van der Waals surface area contributed by atoms with Gasteiger partial charge in [0, 0.05) is 6.42 Å². The van der Waals surface area contributed by atoms with Crippen molar-refractivity contribution >= 4 is 23.7 Å². The Morgan fingerprint density at radius 1 is 0.805 bits per heavy atom. The van der Waals surface area contributed by atoms with Crippen molar-refractivity contribution in [3.8, 4) is 5.75 Å². The molecule has 0 spiro atoms. The standard InChI is InChI=1S/C30H43N5O6/c1-3-19(2)26(35-27(37)23(32)17-21-12-14-22(36)15-13-21)29(39)34-25(18-20-9-5-4-6-10-20)28(38)33-24(30(40)41)11-7-8-16-31/h4-6,9-10,12-15,19,23-26,36H,3,7-8,11,16-18,31-32H2,1-2H3,(H,33,38)(H,34,39)(H,35,37)(H,40,41). The normalized spacial score (nSPS) is 14.6. The molecule has 41 heavy (non-hydrogen) atoms. The molecular formula is C30H43N5O6. The monoisotopic (exact) mass is 569 g/mol. The van der Waals surface area contributed by atoms with Crippen molar-refractivity contribution in [3.63, 3.8) is 0 Å². The molecule has 0 saturated carbocycles. The third kappa shape index (κ3) is 11.2. The minimum Gasteiger partial charge on any atom is -0.508 e. The van der Waals surface area contributed by atoms with Crippen LogP contribution in [0.25, 0.3) is 0 Å². The number of carboxylic acid groups (broad SMARTS) is 1. The summed E-state index contributed by atoms with van der Waals surface area (Å²) in [7, 11) is 0. The zero-order chi connectivity index (χ0) is 30.4. The van der Waals surface area contributed by atoms with Crippen molar-refractivity contribution in [2.45, 2.75) is 76.5 Å². The molecule has 0 bridgehead atoms. The maximum Gasteiger partial charge on any atom is 0.326 e. The summed E-state index contributed by atoms with van der Waals surface area (Å²) in [5.74, 6) is -3.11. The van der Waals surface area contributed by atoms with Crippen LogP contribution in [-0.4, -0.2) is 64.6 Å². The fraction of sp³-hybridized carbons (Fsp3) is 0.467. The van der Waals surface area contributed by atoms with E-state index in [0.29, 0.717) is 25.8 Å². The Balaban J connectivity index is 2.19. The van der Waals surface area contributed by atoms with Gasteiger partial charge in [-0.3, -0.25) is 14.4 Å². The highest BCUT2D eigenvalue weighted by Crippen LogP contribution is 2.13. The number of aliphatic carboxylic acids is 1. The van der Waals surface area contributed by atoms with Gasteiger partial charge in [-0.1, -0.05) is 62.7 Å². The molecule has 0 aliphatic carbocycles. The number of carbonyl (C=O) groups excluding carboxylic acids is 3. The number of hydrogen-bond donors (Lipinski definition) is 7. The van der Waals surface area contributed by atoms with E-state index in [1.165, 1.54) is 12.1 Å². The average Bonchev–Trinajstić information content (AvgIpc) is 2.95. The van der Waals surface area contributed by atoms with E-state index in [1.807, 2.05) is 13.0 Å². The Hall–Kier alpha value is -3.96. The topological polar surface area (TPSA) is 197 Å². The SMILES string of the molecule is CCC(C)C(NC(=O)C(N)Cc1ccc(O)cc1)C(=O)NC(Cc1ccccc1)C(=O)NC(CCCCN)C(=O)O. The van der Waals surface area contributed by atoms with Gasteiger partial charge in [-0.15, -0.1) is 0 Å². The number of phenols is 1.